The lowest BCUT2D eigenvalue weighted by atomic mass is 10.0. The van der Waals surface area contributed by atoms with Crippen LogP contribution in [0.5, 0.6) is 11.5 Å². The molecule has 1 aliphatic rings. The lowest BCUT2D eigenvalue weighted by molar-refractivity contribution is 0.120. The molecule has 5 rings (SSSR count). The quantitative estimate of drug-likeness (QED) is 0.212. The molecule has 1 saturated heterocycles. The van der Waals surface area contributed by atoms with E-state index in [1.165, 1.54) is 10.4 Å². The van der Waals surface area contributed by atoms with Gasteiger partial charge in [-0.2, -0.15) is 0 Å². The van der Waals surface area contributed by atoms with E-state index in [1.54, 1.807) is 27.8 Å². The third-order valence-corrected chi connectivity index (χ3v) is 9.55. The van der Waals surface area contributed by atoms with E-state index < -0.39 is 0 Å². The maximum Gasteiger partial charge on any atom is 0.123 e. The number of aromatic hydroxyl groups is 1. The lowest BCUT2D eigenvalue weighted by Gasteiger charge is -2.35. The summed E-state index contributed by atoms with van der Waals surface area (Å²) in [6.07, 6.45) is 0. The van der Waals surface area contributed by atoms with Crippen molar-refractivity contribution in [2.75, 3.05) is 33.3 Å². The molecule has 0 unspecified atom stereocenters. The number of hydrogen-bond acceptors (Lipinski definition) is 7. The highest BCUT2D eigenvalue weighted by Gasteiger charge is 2.20. The Labute approximate surface area is 219 Å². The van der Waals surface area contributed by atoms with Crippen molar-refractivity contribution in [1.29, 1.82) is 0 Å². The van der Waals surface area contributed by atoms with Crippen LogP contribution < -0.4 is 4.74 Å². The SMILES string of the molecule is COc1ccccc1CN1CCN(Cc2cc(-c3ssc(=S)c3-c3ccccc3)ccc2O)CC1. The van der Waals surface area contributed by atoms with E-state index in [0.29, 0.717) is 5.75 Å². The molecule has 3 aromatic carbocycles. The Kier molecular flexibility index (Phi) is 7.60. The summed E-state index contributed by atoms with van der Waals surface area (Å²) in [6, 6.07) is 24.5. The number of benzene rings is 3. The second-order valence-corrected chi connectivity index (χ2v) is 11.5. The van der Waals surface area contributed by atoms with Gasteiger partial charge in [0.25, 0.3) is 0 Å². The molecule has 0 bridgehead atoms. The minimum atomic E-state index is 0.352. The molecule has 0 spiro atoms. The third kappa shape index (κ3) is 5.50. The molecular weight excluding hydrogens is 493 g/mol. The summed E-state index contributed by atoms with van der Waals surface area (Å²) in [5, 5.41) is 10.6. The molecule has 0 amide bonds. The first kappa shape index (κ1) is 24.2. The monoisotopic (exact) mass is 520 g/mol. The van der Waals surface area contributed by atoms with E-state index in [-0.39, 0.29) is 0 Å². The minimum absolute atomic E-state index is 0.352. The van der Waals surface area contributed by atoms with Crippen LogP contribution in [0.4, 0.5) is 0 Å². The average Bonchev–Trinajstić information content (AvgIpc) is 3.28. The average molecular weight is 521 g/mol. The normalized spacial score (nSPS) is 14.8. The molecule has 0 aliphatic carbocycles. The fourth-order valence-corrected chi connectivity index (χ4v) is 7.49. The smallest absolute Gasteiger partial charge is 0.123 e. The van der Waals surface area contributed by atoms with Gasteiger partial charge in [-0.1, -0.05) is 81.4 Å². The van der Waals surface area contributed by atoms with Gasteiger partial charge in [-0.25, -0.2) is 0 Å². The Balaban J connectivity index is 1.29. The van der Waals surface area contributed by atoms with Gasteiger partial charge in [0.15, 0.2) is 0 Å². The fraction of sp³-hybridized carbons (Fsp3) is 0.250. The number of hydrogen-bond donors (Lipinski definition) is 1. The van der Waals surface area contributed by atoms with Crippen LogP contribution in [0.25, 0.3) is 21.6 Å². The van der Waals surface area contributed by atoms with Crippen molar-refractivity contribution in [3.05, 3.63) is 87.7 Å². The van der Waals surface area contributed by atoms with Gasteiger partial charge in [-0.15, -0.1) is 0 Å². The van der Waals surface area contributed by atoms with Crippen molar-refractivity contribution >= 4 is 32.9 Å². The van der Waals surface area contributed by atoms with Gasteiger partial charge in [0.05, 0.1) is 12.0 Å². The number of methoxy groups -OCH3 is 1. The van der Waals surface area contributed by atoms with Crippen molar-refractivity contribution in [2.45, 2.75) is 13.1 Å². The number of phenols is 1. The number of piperazine rings is 1. The maximum absolute atomic E-state index is 10.6. The fourth-order valence-electron chi connectivity index (χ4n) is 4.58. The molecule has 1 aromatic heterocycles. The van der Waals surface area contributed by atoms with Crippen LogP contribution in [0.15, 0.2) is 72.8 Å². The highest BCUT2D eigenvalue weighted by Crippen LogP contribution is 2.42. The summed E-state index contributed by atoms with van der Waals surface area (Å²) in [5.41, 5.74) is 5.57. The van der Waals surface area contributed by atoms with E-state index in [9.17, 15) is 5.11 Å². The van der Waals surface area contributed by atoms with Crippen LogP contribution in [-0.4, -0.2) is 48.2 Å². The maximum atomic E-state index is 10.6. The summed E-state index contributed by atoms with van der Waals surface area (Å²) in [6.45, 7) is 5.53. The first-order chi connectivity index (χ1) is 17.1. The largest absolute Gasteiger partial charge is 0.508 e. The molecule has 35 heavy (non-hydrogen) atoms. The molecule has 1 N–H and O–H groups in total. The summed E-state index contributed by atoms with van der Waals surface area (Å²) < 4.78 is 6.43. The van der Waals surface area contributed by atoms with Crippen molar-refractivity contribution in [3.8, 4) is 33.1 Å². The van der Waals surface area contributed by atoms with E-state index in [4.69, 9.17) is 17.0 Å². The highest BCUT2D eigenvalue weighted by atomic mass is 32.9. The number of ether oxygens (including phenoxy) is 1. The summed E-state index contributed by atoms with van der Waals surface area (Å²) in [5.74, 6) is 1.30. The summed E-state index contributed by atoms with van der Waals surface area (Å²) >= 11 is 5.68. The molecule has 4 aromatic rings. The number of phenolic OH excluding ortho intramolecular Hbond substituents is 1. The van der Waals surface area contributed by atoms with Crippen LogP contribution in [0.3, 0.4) is 0 Å². The molecule has 1 fully saturated rings. The first-order valence-electron chi connectivity index (χ1n) is 11.7. The lowest BCUT2D eigenvalue weighted by Crippen LogP contribution is -2.45. The van der Waals surface area contributed by atoms with Gasteiger partial charge in [0, 0.05) is 56.0 Å². The van der Waals surface area contributed by atoms with Crippen molar-refractivity contribution < 1.29 is 9.84 Å². The molecule has 0 saturated carbocycles. The standard InChI is InChI=1S/C28H28N2O2S3/c1-32-25-10-6-5-9-22(25)18-29-13-15-30(16-14-29)19-23-17-21(11-12-24(23)31)27-26(28(33)35-34-27)20-7-3-2-4-8-20/h2-12,17,31H,13-16,18-19H2,1H3. The second kappa shape index (κ2) is 11.0. The molecule has 180 valence electrons. The molecule has 0 radical (unpaired) electrons. The Morgan fingerprint density at radius 2 is 1.46 bits per heavy atom. The van der Waals surface area contributed by atoms with E-state index >= 15 is 0 Å². The molecule has 7 heteroatoms. The van der Waals surface area contributed by atoms with Gasteiger partial charge in [-0.3, -0.25) is 9.80 Å². The van der Waals surface area contributed by atoms with Crippen LogP contribution in [-0.2, 0) is 13.1 Å². The minimum Gasteiger partial charge on any atom is -0.508 e. The zero-order valence-corrected chi connectivity index (χ0v) is 22.1. The molecular formula is C28H28N2O2S3. The van der Waals surface area contributed by atoms with Crippen molar-refractivity contribution in [2.24, 2.45) is 0 Å². The number of nitrogens with zero attached hydrogens (tertiary/aromatic N) is 2. The molecule has 4 nitrogen and oxygen atoms in total. The Morgan fingerprint density at radius 1 is 0.800 bits per heavy atom. The van der Waals surface area contributed by atoms with Crippen LogP contribution in [0.1, 0.15) is 11.1 Å². The Morgan fingerprint density at radius 3 is 2.17 bits per heavy atom. The summed E-state index contributed by atoms with van der Waals surface area (Å²) in [4.78, 5) is 6.06. The van der Waals surface area contributed by atoms with Gasteiger partial charge in [-0.05, 0) is 35.4 Å². The molecule has 2 heterocycles. The highest BCUT2D eigenvalue weighted by molar-refractivity contribution is 7.80. The summed E-state index contributed by atoms with van der Waals surface area (Å²) in [7, 11) is 5.08. The van der Waals surface area contributed by atoms with Crippen molar-refractivity contribution in [3.63, 3.8) is 0 Å². The Hall–Kier alpha value is -2.55. The first-order valence-corrected chi connectivity index (χ1v) is 14.3. The van der Waals surface area contributed by atoms with Gasteiger partial charge >= 0.3 is 0 Å². The molecule has 0 atom stereocenters. The van der Waals surface area contributed by atoms with Gasteiger partial charge in [0.1, 0.15) is 15.3 Å². The van der Waals surface area contributed by atoms with E-state index in [1.807, 2.05) is 42.5 Å². The Bertz CT molecular complexity index is 1340. The van der Waals surface area contributed by atoms with Gasteiger partial charge in [0.2, 0.25) is 0 Å². The molecule has 1 aliphatic heterocycles. The van der Waals surface area contributed by atoms with E-state index in [0.717, 1.165) is 71.1 Å². The predicted octanol–water partition coefficient (Wildman–Crippen LogP) is 6.91. The third-order valence-electron chi connectivity index (χ3n) is 6.48. The van der Waals surface area contributed by atoms with Gasteiger partial charge < -0.3 is 9.84 Å². The van der Waals surface area contributed by atoms with Crippen molar-refractivity contribution in [1.82, 2.24) is 9.80 Å². The van der Waals surface area contributed by atoms with E-state index in [2.05, 4.69) is 40.1 Å². The topological polar surface area (TPSA) is 35.9 Å². The second-order valence-electron chi connectivity index (χ2n) is 8.73. The number of rotatable bonds is 7. The van der Waals surface area contributed by atoms with Crippen LogP contribution >= 0.6 is 32.9 Å². The predicted molar refractivity (Wildman–Crippen MR) is 149 cm³/mol. The zero-order chi connectivity index (χ0) is 24.2. The van der Waals surface area contributed by atoms with Crippen LogP contribution in [0, 0.1) is 3.82 Å². The van der Waals surface area contributed by atoms with Crippen LogP contribution in [0.2, 0.25) is 0 Å². The number of para-hydroxylation sites is 1. The zero-order valence-electron chi connectivity index (χ0n) is 19.6.